The molecular formula is C19H32N2. The number of likely N-dealkylation sites (tertiary alicyclic amines) is 1. The maximum Gasteiger partial charge on any atom is 0.0322 e. The minimum atomic E-state index is 0.535. The number of nitrogens with one attached hydrogen (secondary N) is 1. The van der Waals surface area contributed by atoms with Crippen molar-refractivity contribution in [3.63, 3.8) is 0 Å². The Kier molecular flexibility index (Phi) is 5.83. The summed E-state index contributed by atoms with van der Waals surface area (Å²) in [7, 11) is 0. The molecule has 1 aromatic rings. The van der Waals surface area contributed by atoms with Crippen LogP contribution in [-0.2, 0) is 0 Å². The highest BCUT2D eigenvalue weighted by atomic mass is 15.2. The molecule has 1 aliphatic heterocycles. The van der Waals surface area contributed by atoms with Gasteiger partial charge in [-0.2, -0.15) is 0 Å². The second-order valence-electron chi connectivity index (χ2n) is 7.10. The van der Waals surface area contributed by atoms with Crippen LogP contribution >= 0.6 is 0 Å². The number of aryl methyl sites for hydroxylation is 2. The maximum atomic E-state index is 3.61. The van der Waals surface area contributed by atoms with Crippen LogP contribution < -0.4 is 5.32 Å². The Hall–Kier alpha value is -0.860. The molecule has 0 saturated carbocycles. The quantitative estimate of drug-likeness (QED) is 0.878. The fraction of sp³-hybridized carbons (Fsp3) is 0.684. The molecule has 2 nitrogen and oxygen atoms in total. The highest BCUT2D eigenvalue weighted by molar-refractivity contribution is 5.32. The second kappa shape index (κ2) is 7.42. The third-order valence-corrected chi connectivity index (χ3v) is 4.79. The summed E-state index contributed by atoms with van der Waals surface area (Å²) in [4.78, 5) is 2.67. The van der Waals surface area contributed by atoms with Crippen LogP contribution in [0.5, 0.6) is 0 Å². The predicted octanol–water partition coefficient (Wildman–Crippen LogP) is 4.07. The molecule has 0 aromatic heterocycles. The lowest BCUT2D eigenvalue weighted by Crippen LogP contribution is -2.42. The van der Waals surface area contributed by atoms with Gasteiger partial charge in [0, 0.05) is 18.6 Å². The molecule has 1 saturated heterocycles. The van der Waals surface area contributed by atoms with Gasteiger partial charge >= 0.3 is 0 Å². The van der Waals surface area contributed by atoms with Crippen molar-refractivity contribution < 1.29 is 0 Å². The molecule has 118 valence electrons. The topological polar surface area (TPSA) is 15.3 Å². The second-order valence-corrected chi connectivity index (χ2v) is 7.10. The molecule has 0 radical (unpaired) electrons. The third kappa shape index (κ3) is 4.55. The fourth-order valence-electron chi connectivity index (χ4n) is 3.51. The van der Waals surface area contributed by atoms with Crippen LogP contribution in [-0.4, -0.2) is 30.6 Å². The number of piperidine rings is 1. The van der Waals surface area contributed by atoms with Crippen molar-refractivity contribution >= 4 is 0 Å². The first-order valence-electron chi connectivity index (χ1n) is 8.52. The fourth-order valence-corrected chi connectivity index (χ4v) is 3.51. The van der Waals surface area contributed by atoms with Gasteiger partial charge in [-0.1, -0.05) is 37.6 Å². The Labute approximate surface area is 130 Å². The smallest absolute Gasteiger partial charge is 0.0322 e. The third-order valence-electron chi connectivity index (χ3n) is 4.79. The number of nitrogens with zero attached hydrogens (tertiary/aromatic N) is 1. The summed E-state index contributed by atoms with van der Waals surface area (Å²) in [6, 6.07) is 8.02. The SMILES string of the molecule is Cc1ccc(C(C)N2CCCC(CNC(C)C)C2)c(C)c1. The van der Waals surface area contributed by atoms with Crippen LogP contribution in [0.4, 0.5) is 0 Å². The first-order valence-corrected chi connectivity index (χ1v) is 8.52. The van der Waals surface area contributed by atoms with Crippen LogP contribution in [0.3, 0.4) is 0 Å². The minimum absolute atomic E-state index is 0.535. The Morgan fingerprint density at radius 1 is 1.24 bits per heavy atom. The first kappa shape index (κ1) is 16.5. The Balaban J connectivity index is 1.99. The van der Waals surface area contributed by atoms with E-state index in [1.807, 2.05) is 0 Å². The van der Waals surface area contributed by atoms with Crippen molar-refractivity contribution in [3.8, 4) is 0 Å². The molecule has 2 atom stereocenters. The molecule has 1 heterocycles. The van der Waals surface area contributed by atoms with Gasteiger partial charge in [0.1, 0.15) is 0 Å². The number of benzene rings is 1. The molecule has 1 fully saturated rings. The average Bonchev–Trinajstić information content (AvgIpc) is 2.45. The molecule has 21 heavy (non-hydrogen) atoms. The average molecular weight is 288 g/mol. The molecule has 1 N–H and O–H groups in total. The first-order chi connectivity index (χ1) is 9.97. The van der Waals surface area contributed by atoms with E-state index in [1.165, 1.54) is 42.6 Å². The zero-order valence-electron chi connectivity index (χ0n) is 14.4. The lowest BCUT2D eigenvalue weighted by Gasteiger charge is -2.38. The summed E-state index contributed by atoms with van der Waals surface area (Å²) in [6.07, 6.45) is 2.70. The summed E-state index contributed by atoms with van der Waals surface area (Å²) in [5.41, 5.74) is 4.30. The molecule has 0 bridgehead atoms. The molecule has 0 amide bonds. The van der Waals surface area contributed by atoms with Crippen molar-refractivity contribution in [2.75, 3.05) is 19.6 Å². The van der Waals surface area contributed by atoms with E-state index in [-0.39, 0.29) is 0 Å². The van der Waals surface area contributed by atoms with Crippen LogP contribution in [0.1, 0.15) is 56.3 Å². The molecule has 2 unspecified atom stereocenters. The Morgan fingerprint density at radius 2 is 2.00 bits per heavy atom. The lowest BCUT2D eigenvalue weighted by atomic mass is 9.93. The maximum absolute atomic E-state index is 3.61. The van der Waals surface area contributed by atoms with Crippen molar-refractivity contribution in [2.24, 2.45) is 5.92 Å². The Bertz CT molecular complexity index is 453. The normalized spacial score (nSPS) is 21.7. The van der Waals surface area contributed by atoms with E-state index in [0.29, 0.717) is 12.1 Å². The van der Waals surface area contributed by atoms with E-state index in [0.717, 1.165) is 12.5 Å². The summed E-state index contributed by atoms with van der Waals surface area (Å²) >= 11 is 0. The molecule has 0 aliphatic carbocycles. The van der Waals surface area contributed by atoms with E-state index in [9.17, 15) is 0 Å². The summed E-state index contributed by atoms with van der Waals surface area (Å²) in [5, 5.41) is 3.61. The van der Waals surface area contributed by atoms with Gasteiger partial charge in [-0.3, -0.25) is 4.90 Å². The predicted molar refractivity (Wildman–Crippen MR) is 91.8 cm³/mol. The zero-order valence-corrected chi connectivity index (χ0v) is 14.4. The lowest BCUT2D eigenvalue weighted by molar-refractivity contribution is 0.129. The van der Waals surface area contributed by atoms with E-state index in [4.69, 9.17) is 0 Å². The van der Waals surface area contributed by atoms with Crippen molar-refractivity contribution in [1.82, 2.24) is 10.2 Å². The highest BCUT2D eigenvalue weighted by Crippen LogP contribution is 2.28. The van der Waals surface area contributed by atoms with Crippen LogP contribution in [0, 0.1) is 19.8 Å². The van der Waals surface area contributed by atoms with E-state index >= 15 is 0 Å². The number of hydrogen-bond donors (Lipinski definition) is 1. The molecule has 0 spiro atoms. The monoisotopic (exact) mass is 288 g/mol. The standard InChI is InChI=1S/C19H32N2/c1-14(2)20-12-18-7-6-10-21(13-18)17(5)19-9-8-15(3)11-16(19)4/h8-9,11,14,17-18,20H,6-7,10,12-13H2,1-5H3. The zero-order chi connectivity index (χ0) is 15.4. The van der Waals surface area contributed by atoms with Crippen molar-refractivity contribution in [2.45, 2.75) is 59.5 Å². The molecule has 1 aliphatic rings. The molecule has 2 rings (SSSR count). The van der Waals surface area contributed by atoms with Gasteiger partial charge in [0.05, 0.1) is 0 Å². The molecule has 1 aromatic carbocycles. The van der Waals surface area contributed by atoms with Gasteiger partial charge < -0.3 is 5.32 Å². The summed E-state index contributed by atoms with van der Waals surface area (Å²) < 4.78 is 0. The minimum Gasteiger partial charge on any atom is -0.314 e. The Morgan fingerprint density at radius 3 is 2.67 bits per heavy atom. The van der Waals surface area contributed by atoms with E-state index in [1.54, 1.807) is 0 Å². The van der Waals surface area contributed by atoms with E-state index in [2.05, 4.69) is 63.0 Å². The highest BCUT2D eigenvalue weighted by Gasteiger charge is 2.24. The summed E-state index contributed by atoms with van der Waals surface area (Å²) in [5.74, 6) is 0.800. The van der Waals surface area contributed by atoms with Gasteiger partial charge in [0.15, 0.2) is 0 Å². The summed E-state index contributed by atoms with van der Waals surface area (Å²) in [6.45, 7) is 14.9. The number of rotatable bonds is 5. The largest absolute Gasteiger partial charge is 0.314 e. The molecular weight excluding hydrogens is 256 g/mol. The van der Waals surface area contributed by atoms with E-state index < -0.39 is 0 Å². The van der Waals surface area contributed by atoms with Gasteiger partial charge in [-0.25, -0.2) is 0 Å². The number of hydrogen-bond acceptors (Lipinski definition) is 2. The molecule has 2 heteroatoms. The van der Waals surface area contributed by atoms with Gasteiger partial charge in [0.25, 0.3) is 0 Å². The van der Waals surface area contributed by atoms with Gasteiger partial charge in [-0.15, -0.1) is 0 Å². The van der Waals surface area contributed by atoms with Crippen molar-refractivity contribution in [3.05, 3.63) is 34.9 Å². The van der Waals surface area contributed by atoms with Crippen LogP contribution in [0.25, 0.3) is 0 Å². The van der Waals surface area contributed by atoms with Gasteiger partial charge in [0.2, 0.25) is 0 Å². The van der Waals surface area contributed by atoms with Crippen molar-refractivity contribution in [1.29, 1.82) is 0 Å². The van der Waals surface area contributed by atoms with Gasteiger partial charge in [-0.05, 0) is 63.7 Å². The van der Waals surface area contributed by atoms with Crippen LogP contribution in [0.2, 0.25) is 0 Å². The van der Waals surface area contributed by atoms with Crippen LogP contribution in [0.15, 0.2) is 18.2 Å².